The molecule has 7 nitrogen and oxygen atoms in total. The number of ether oxygens (including phenoxy) is 1. The summed E-state index contributed by atoms with van der Waals surface area (Å²) in [5.74, 6) is -0.841. The Morgan fingerprint density at radius 2 is 1.85 bits per heavy atom. The second-order valence-electron chi connectivity index (χ2n) is 10.3. The van der Waals surface area contributed by atoms with E-state index in [2.05, 4.69) is 36.8 Å². The summed E-state index contributed by atoms with van der Waals surface area (Å²) in [5.41, 5.74) is 1.94. The van der Waals surface area contributed by atoms with Crippen LogP contribution in [-0.4, -0.2) is 46.7 Å². The molecule has 2 aromatic rings. The van der Waals surface area contributed by atoms with Gasteiger partial charge in [0, 0.05) is 12.3 Å². The summed E-state index contributed by atoms with van der Waals surface area (Å²) < 4.78 is 5.37. The summed E-state index contributed by atoms with van der Waals surface area (Å²) in [5, 5.41) is 5.97. The van der Waals surface area contributed by atoms with E-state index in [1.165, 1.54) is 4.90 Å². The summed E-state index contributed by atoms with van der Waals surface area (Å²) >= 11 is 10.8. The monoisotopic (exact) mass is 573 g/mol. The van der Waals surface area contributed by atoms with Crippen molar-refractivity contribution in [1.29, 1.82) is 0 Å². The zero-order valence-electron chi connectivity index (χ0n) is 23.4. The van der Waals surface area contributed by atoms with Crippen molar-refractivity contribution in [1.82, 2.24) is 10.2 Å². The maximum atomic E-state index is 14.0. The Hall–Kier alpha value is -2.97. The molecule has 2 atom stereocenters. The highest BCUT2D eigenvalue weighted by atomic mass is 35.5. The van der Waals surface area contributed by atoms with Gasteiger partial charge in [0.05, 0.1) is 10.7 Å². The predicted molar refractivity (Wildman–Crippen MR) is 162 cm³/mol. The fourth-order valence-electron chi connectivity index (χ4n) is 4.04. The molecule has 0 aromatic heterocycles. The van der Waals surface area contributed by atoms with Crippen LogP contribution in [0.15, 0.2) is 49.0 Å². The van der Waals surface area contributed by atoms with Gasteiger partial charge in [-0.1, -0.05) is 74.4 Å². The normalized spacial score (nSPS) is 12.7. The molecule has 212 valence electrons. The van der Waals surface area contributed by atoms with E-state index in [0.29, 0.717) is 29.2 Å². The van der Waals surface area contributed by atoms with Gasteiger partial charge < -0.3 is 20.3 Å². The van der Waals surface area contributed by atoms with Crippen molar-refractivity contribution < 1.29 is 19.1 Å². The van der Waals surface area contributed by atoms with Crippen molar-refractivity contribution in [3.8, 4) is 0 Å². The van der Waals surface area contributed by atoms with E-state index in [1.807, 2.05) is 31.2 Å². The van der Waals surface area contributed by atoms with Crippen LogP contribution in [0.3, 0.4) is 0 Å². The first-order chi connectivity index (χ1) is 18.4. The summed E-state index contributed by atoms with van der Waals surface area (Å²) in [7, 11) is 0. The van der Waals surface area contributed by atoms with Crippen LogP contribution in [-0.2, 0) is 14.3 Å². The zero-order valence-corrected chi connectivity index (χ0v) is 25.1. The predicted octanol–water partition coefficient (Wildman–Crippen LogP) is 6.81. The molecule has 3 amide bonds. The number of amides is 3. The lowest BCUT2D eigenvalue weighted by molar-refractivity contribution is -0.140. The van der Waals surface area contributed by atoms with Crippen molar-refractivity contribution in [2.45, 2.75) is 71.6 Å². The molecule has 9 heteroatoms. The highest BCUT2D eigenvalue weighted by Crippen LogP contribution is 2.30. The quantitative estimate of drug-likeness (QED) is 0.192. The molecule has 2 N–H and O–H groups in total. The number of carbonyl (C=O) groups excluding carboxylic acids is 3. The number of rotatable bonds is 12. The SMILES string of the molecule is C=Cc1cccc(C(C(=O)Nc2c(C)cccc2Cl)N(CCCCC)C(=O)C(CS)NC(=O)OC(C)(C)C)c1. The van der Waals surface area contributed by atoms with Gasteiger partial charge in [-0.15, -0.1) is 0 Å². The minimum atomic E-state index is -1.01. The van der Waals surface area contributed by atoms with Crippen molar-refractivity contribution in [2.24, 2.45) is 0 Å². The maximum Gasteiger partial charge on any atom is 0.408 e. The number of unbranched alkanes of at least 4 members (excludes halogenated alkanes) is 2. The third-order valence-electron chi connectivity index (χ3n) is 5.95. The molecule has 0 radical (unpaired) electrons. The number of alkyl carbamates (subject to hydrolysis) is 1. The fraction of sp³-hybridized carbons (Fsp3) is 0.433. The van der Waals surface area contributed by atoms with Gasteiger partial charge in [0.2, 0.25) is 5.91 Å². The van der Waals surface area contributed by atoms with E-state index in [-0.39, 0.29) is 5.75 Å². The van der Waals surface area contributed by atoms with Gasteiger partial charge in [-0.3, -0.25) is 9.59 Å². The van der Waals surface area contributed by atoms with E-state index in [4.69, 9.17) is 16.3 Å². The number of hydrogen-bond donors (Lipinski definition) is 3. The summed E-state index contributed by atoms with van der Waals surface area (Å²) in [6, 6.07) is 10.6. The van der Waals surface area contributed by atoms with Crippen molar-refractivity contribution in [3.63, 3.8) is 0 Å². The van der Waals surface area contributed by atoms with Gasteiger partial charge >= 0.3 is 6.09 Å². The number of thiol groups is 1. The van der Waals surface area contributed by atoms with Crippen molar-refractivity contribution >= 4 is 53.9 Å². The van der Waals surface area contributed by atoms with Gasteiger partial charge in [0.15, 0.2) is 0 Å². The molecule has 0 saturated heterocycles. The standard InChI is InChI=1S/C30H40ClN3O4S/c1-7-9-10-17-34(28(36)24(19-39)32-29(37)38-30(4,5)6)26(22-15-12-14-21(8-2)18-22)27(35)33-25-20(3)13-11-16-23(25)31/h8,11-16,18,24,26,39H,2,7,9-10,17,19H2,1,3-6H3,(H,32,37)(H,33,35). The van der Waals surface area contributed by atoms with Crippen LogP contribution in [0.25, 0.3) is 6.08 Å². The van der Waals surface area contributed by atoms with Crippen LogP contribution in [0.2, 0.25) is 5.02 Å². The molecular formula is C30H40ClN3O4S. The lowest BCUT2D eigenvalue weighted by Crippen LogP contribution is -2.53. The highest BCUT2D eigenvalue weighted by Gasteiger charge is 2.36. The third-order valence-corrected chi connectivity index (χ3v) is 6.63. The average Bonchev–Trinajstić information content (AvgIpc) is 2.87. The summed E-state index contributed by atoms with van der Waals surface area (Å²) in [4.78, 5) is 42.1. The molecule has 0 fully saturated rings. The molecule has 0 heterocycles. The zero-order chi connectivity index (χ0) is 29.2. The first-order valence-electron chi connectivity index (χ1n) is 13.1. The lowest BCUT2D eigenvalue weighted by atomic mass is 9.99. The molecule has 2 rings (SSSR count). The first-order valence-corrected chi connectivity index (χ1v) is 14.1. The van der Waals surface area contributed by atoms with E-state index in [9.17, 15) is 14.4 Å². The van der Waals surface area contributed by atoms with Crippen LogP contribution in [0.5, 0.6) is 0 Å². The van der Waals surface area contributed by atoms with E-state index >= 15 is 0 Å². The minimum Gasteiger partial charge on any atom is -0.444 e. The first kappa shape index (κ1) is 32.2. The average molecular weight is 574 g/mol. The molecule has 0 aliphatic rings. The Labute approximate surface area is 242 Å². The fourth-order valence-corrected chi connectivity index (χ4v) is 4.56. The molecule has 2 aromatic carbocycles. The molecule has 0 aliphatic carbocycles. The van der Waals surface area contributed by atoms with Crippen molar-refractivity contribution in [3.05, 3.63) is 70.8 Å². The number of carbonyl (C=O) groups is 3. The Kier molecular flexibility index (Phi) is 12.4. The van der Waals surface area contributed by atoms with Crippen LogP contribution in [0, 0.1) is 6.92 Å². The van der Waals surface area contributed by atoms with Gasteiger partial charge in [0.1, 0.15) is 17.7 Å². The van der Waals surface area contributed by atoms with Crippen LogP contribution in [0.4, 0.5) is 10.5 Å². The molecule has 2 unspecified atom stereocenters. The molecule has 0 aliphatic heterocycles. The van der Waals surface area contributed by atoms with Crippen LogP contribution >= 0.6 is 24.2 Å². The molecule has 39 heavy (non-hydrogen) atoms. The van der Waals surface area contributed by atoms with E-state index in [1.54, 1.807) is 45.0 Å². The summed E-state index contributed by atoms with van der Waals surface area (Å²) in [6.07, 6.45) is 3.41. The number of benzene rings is 2. The number of nitrogens with zero attached hydrogens (tertiary/aromatic N) is 1. The van der Waals surface area contributed by atoms with Gasteiger partial charge in [-0.2, -0.15) is 12.6 Å². The molecular weight excluding hydrogens is 534 g/mol. The van der Waals surface area contributed by atoms with Crippen LogP contribution in [0.1, 0.15) is 69.7 Å². The number of halogens is 1. The Bertz CT molecular complexity index is 1140. The number of hydrogen-bond acceptors (Lipinski definition) is 5. The number of nitrogens with one attached hydrogen (secondary N) is 2. The van der Waals surface area contributed by atoms with Crippen LogP contribution < -0.4 is 10.6 Å². The Morgan fingerprint density at radius 3 is 2.44 bits per heavy atom. The smallest absolute Gasteiger partial charge is 0.408 e. The lowest BCUT2D eigenvalue weighted by Gasteiger charge is -2.34. The largest absolute Gasteiger partial charge is 0.444 e. The minimum absolute atomic E-state index is 0.0208. The third kappa shape index (κ3) is 9.62. The Morgan fingerprint density at radius 1 is 1.15 bits per heavy atom. The molecule has 0 saturated carbocycles. The second-order valence-corrected chi connectivity index (χ2v) is 11.1. The van der Waals surface area contributed by atoms with E-state index < -0.39 is 35.6 Å². The topological polar surface area (TPSA) is 87.7 Å². The number of anilines is 1. The molecule has 0 bridgehead atoms. The second kappa shape index (κ2) is 15.0. The summed E-state index contributed by atoms with van der Waals surface area (Å²) in [6.45, 7) is 13.3. The van der Waals surface area contributed by atoms with Gasteiger partial charge in [-0.25, -0.2) is 4.79 Å². The molecule has 0 spiro atoms. The van der Waals surface area contributed by atoms with Gasteiger partial charge in [-0.05, 0) is 62.9 Å². The van der Waals surface area contributed by atoms with Gasteiger partial charge in [0.25, 0.3) is 5.91 Å². The highest BCUT2D eigenvalue weighted by molar-refractivity contribution is 7.80. The maximum absolute atomic E-state index is 14.0. The van der Waals surface area contributed by atoms with Crippen molar-refractivity contribution in [2.75, 3.05) is 17.6 Å². The number of aryl methyl sites for hydroxylation is 1. The van der Waals surface area contributed by atoms with E-state index in [0.717, 1.165) is 24.0 Å². The number of para-hydroxylation sites is 1. The Balaban J connectivity index is 2.56.